The number of carbonyl (C=O) groups excluding carboxylic acids is 1. The summed E-state index contributed by atoms with van der Waals surface area (Å²) in [6.07, 6.45) is 3.77. The van der Waals surface area contributed by atoms with Gasteiger partial charge in [0.05, 0.1) is 26.5 Å². The number of nitrogens with zero attached hydrogens (tertiary/aromatic N) is 4. The number of benzene rings is 1. The van der Waals surface area contributed by atoms with Crippen molar-refractivity contribution in [2.75, 3.05) is 14.2 Å². The first-order valence-electron chi connectivity index (χ1n) is 10.5. The van der Waals surface area contributed by atoms with Crippen LogP contribution in [0.25, 0.3) is 5.65 Å². The van der Waals surface area contributed by atoms with Gasteiger partial charge in [0.25, 0.3) is 11.5 Å². The summed E-state index contributed by atoms with van der Waals surface area (Å²) < 4.78 is 13.8. The van der Waals surface area contributed by atoms with E-state index >= 15 is 0 Å². The topological polar surface area (TPSA) is 99.7 Å². The molecule has 1 N–H and O–H groups in total. The summed E-state index contributed by atoms with van der Waals surface area (Å²) in [7, 11) is 3.17. The highest BCUT2D eigenvalue weighted by Gasteiger charge is 2.16. The minimum absolute atomic E-state index is 0.135. The van der Waals surface area contributed by atoms with Gasteiger partial charge in [-0.1, -0.05) is 12.1 Å². The molecule has 9 nitrogen and oxygen atoms in total. The fourth-order valence-corrected chi connectivity index (χ4v) is 3.70. The van der Waals surface area contributed by atoms with E-state index in [-0.39, 0.29) is 17.7 Å². The number of carbonyl (C=O) groups is 1. The Kier molecular flexibility index (Phi) is 6.39. The van der Waals surface area contributed by atoms with Crippen LogP contribution in [0.3, 0.4) is 0 Å². The van der Waals surface area contributed by atoms with Gasteiger partial charge in [-0.3, -0.25) is 9.59 Å². The number of aryl methyl sites for hydroxylation is 3. The molecule has 0 fully saturated rings. The van der Waals surface area contributed by atoms with Crippen LogP contribution in [0, 0.1) is 6.92 Å². The largest absolute Gasteiger partial charge is 0.493 e. The van der Waals surface area contributed by atoms with Crippen LogP contribution in [0.15, 0.2) is 59.8 Å². The van der Waals surface area contributed by atoms with E-state index in [1.165, 1.54) is 6.33 Å². The van der Waals surface area contributed by atoms with Crippen LogP contribution in [-0.4, -0.2) is 39.3 Å². The minimum atomic E-state index is -0.421. The van der Waals surface area contributed by atoms with E-state index < -0.39 is 5.91 Å². The Morgan fingerprint density at radius 3 is 2.70 bits per heavy atom. The van der Waals surface area contributed by atoms with Gasteiger partial charge in [0.15, 0.2) is 17.1 Å². The fraction of sp³-hybridized carbons (Fsp3) is 0.250. The molecule has 0 bridgehead atoms. The molecule has 0 unspecified atom stereocenters. The Labute approximate surface area is 190 Å². The van der Waals surface area contributed by atoms with Gasteiger partial charge in [0.2, 0.25) is 0 Å². The lowest BCUT2D eigenvalue weighted by Crippen LogP contribution is -2.34. The highest BCUT2D eigenvalue weighted by atomic mass is 16.5. The first kappa shape index (κ1) is 22.1. The van der Waals surface area contributed by atoms with Gasteiger partial charge in [-0.25, -0.2) is 9.50 Å². The third kappa shape index (κ3) is 4.57. The number of ether oxygens (including phenoxy) is 2. The van der Waals surface area contributed by atoms with Crippen LogP contribution in [0.4, 0.5) is 0 Å². The van der Waals surface area contributed by atoms with E-state index in [4.69, 9.17) is 9.47 Å². The highest BCUT2D eigenvalue weighted by Crippen LogP contribution is 2.27. The average Bonchev–Trinajstić information content (AvgIpc) is 3.31. The lowest BCUT2D eigenvalue weighted by Gasteiger charge is -2.13. The van der Waals surface area contributed by atoms with E-state index in [9.17, 15) is 9.59 Å². The second-order valence-electron chi connectivity index (χ2n) is 7.54. The van der Waals surface area contributed by atoms with Crippen molar-refractivity contribution in [1.82, 2.24) is 24.5 Å². The summed E-state index contributed by atoms with van der Waals surface area (Å²) in [5, 5.41) is 7.00. The van der Waals surface area contributed by atoms with Crippen LogP contribution in [0.5, 0.6) is 11.5 Å². The van der Waals surface area contributed by atoms with Crippen LogP contribution in [0.2, 0.25) is 0 Å². The third-order valence-electron chi connectivity index (χ3n) is 5.50. The molecule has 4 aromatic rings. The smallest absolute Gasteiger partial charge is 0.263 e. The molecule has 0 aliphatic heterocycles. The standard InChI is InChI=1S/C24H25N5O4/c1-16-9-11-28(12-10-17-7-8-19(32-2)20(13-17)33-3)24(31)22(16)23(30)25-14-18-5-4-6-21-26-15-27-29(18)21/h4-9,11,13,15H,10,12,14H2,1-3H3,(H,25,30). The maximum Gasteiger partial charge on any atom is 0.263 e. The second kappa shape index (κ2) is 9.56. The van der Waals surface area contributed by atoms with Crippen molar-refractivity contribution in [2.45, 2.75) is 26.4 Å². The maximum absolute atomic E-state index is 13.1. The lowest BCUT2D eigenvalue weighted by atomic mass is 10.1. The summed E-state index contributed by atoms with van der Waals surface area (Å²) in [4.78, 5) is 30.1. The van der Waals surface area contributed by atoms with Gasteiger partial charge in [-0.15, -0.1) is 0 Å². The van der Waals surface area contributed by atoms with Crippen molar-refractivity contribution in [3.05, 3.63) is 87.7 Å². The Hall–Kier alpha value is -4.14. The molecule has 0 aliphatic carbocycles. The van der Waals surface area contributed by atoms with Gasteiger partial charge in [0.1, 0.15) is 11.9 Å². The molecule has 3 heterocycles. The quantitative estimate of drug-likeness (QED) is 0.445. The van der Waals surface area contributed by atoms with Crippen LogP contribution < -0.4 is 20.3 Å². The highest BCUT2D eigenvalue weighted by molar-refractivity contribution is 5.95. The number of amides is 1. The Balaban J connectivity index is 1.50. The summed E-state index contributed by atoms with van der Waals surface area (Å²) in [5.41, 5.74) is 2.88. The number of hydrogen-bond acceptors (Lipinski definition) is 6. The molecule has 9 heteroatoms. The average molecular weight is 447 g/mol. The Bertz CT molecular complexity index is 1360. The third-order valence-corrected chi connectivity index (χ3v) is 5.50. The van der Waals surface area contributed by atoms with Crippen molar-refractivity contribution in [3.63, 3.8) is 0 Å². The predicted molar refractivity (Wildman–Crippen MR) is 123 cm³/mol. The van der Waals surface area contributed by atoms with Crippen molar-refractivity contribution >= 4 is 11.6 Å². The van der Waals surface area contributed by atoms with Gasteiger partial charge >= 0.3 is 0 Å². The first-order chi connectivity index (χ1) is 16.0. The second-order valence-corrected chi connectivity index (χ2v) is 7.54. The van der Waals surface area contributed by atoms with E-state index in [0.29, 0.717) is 35.7 Å². The molecular formula is C24H25N5O4. The number of aromatic nitrogens is 4. The number of nitrogens with one attached hydrogen (secondary N) is 1. The molecule has 0 saturated heterocycles. The van der Waals surface area contributed by atoms with Gasteiger partial charge in [-0.2, -0.15) is 5.10 Å². The van der Waals surface area contributed by atoms with Gasteiger partial charge in [-0.05, 0) is 54.8 Å². The molecule has 0 aliphatic rings. The molecule has 0 radical (unpaired) electrons. The monoisotopic (exact) mass is 447 g/mol. The van der Waals surface area contributed by atoms with Crippen LogP contribution >= 0.6 is 0 Å². The summed E-state index contributed by atoms with van der Waals surface area (Å²) in [6, 6.07) is 13.0. The van der Waals surface area contributed by atoms with Crippen molar-refractivity contribution in [1.29, 1.82) is 0 Å². The molecular weight excluding hydrogens is 422 g/mol. The zero-order valence-electron chi connectivity index (χ0n) is 18.7. The molecule has 0 spiro atoms. The number of methoxy groups -OCH3 is 2. The lowest BCUT2D eigenvalue weighted by molar-refractivity contribution is 0.0947. The first-order valence-corrected chi connectivity index (χ1v) is 10.5. The molecule has 1 aromatic carbocycles. The predicted octanol–water partition coefficient (Wildman–Crippen LogP) is 2.39. The van der Waals surface area contributed by atoms with Crippen molar-refractivity contribution in [3.8, 4) is 11.5 Å². The summed E-state index contributed by atoms with van der Waals surface area (Å²) in [6.45, 7) is 2.40. The van der Waals surface area contributed by atoms with Gasteiger partial charge in [0, 0.05) is 12.7 Å². The number of pyridine rings is 2. The van der Waals surface area contributed by atoms with Crippen molar-refractivity contribution < 1.29 is 14.3 Å². The van der Waals surface area contributed by atoms with Crippen LogP contribution in [-0.2, 0) is 19.5 Å². The fourth-order valence-electron chi connectivity index (χ4n) is 3.70. The minimum Gasteiger partial charge on any atom is -0.493 e. The number of hydrogen-bond donors (Lipinski definition) is 1. The SMILES string of the molecule is COc1ccc(CCn2ccc(C)c(C(=O)NCc3cccc4ncnn34)c2=O)cc1OC. The number of rotatable bonds is 8. The molecule has 33 heavy (non-hydrogen) atoms. The summed E-state index contributed by atoms with van der Waals surface area (Å²) in [5.74, 6) is 0.859. The van der Waals surface area contributed by atoms with Crippen molar-refractivity contribution in [2.24, 2.45) is 0 Å². The van der Waals surface area contributed by atoms with E-state index in [1.54, 1.807) is 42.5 Å². The van der Waals surface area contributed by atoms with E-state index in [1.807, 2.05) is 36.4 Å². The molecule has 0 saturated carbocycles. The Morgan fingerprint density at radius 2 is 1.91 bits per heavy atom. The van der Waals surface area contributed by atoms with Crippen LogP contribution in [0.1, 0.15) is 27.2 Å². The zero-order chi connectivity index (χ0) is 23.4. The number of fused-ring (bicyclic) bond motifs is 1. The summed E-state index contributed by atoms with van der Waals surface area (Å²) >= 11 is 0. The molecule has 170 valence electrons. The molecule has 0 atom stereocenters. The normalized spacial score (nSPS) is 10.9. The molecule has 1 amide bonds. The van der Waals surface area contributed by atoms with E-state index in [2.05, 4.69) is 15.4 Å². The van der Waals surface area contributed by atoms with Gasteiger partial charge < -0.3 is 19.4 Å². The Morgan fingerprint density at radius 1 is 1.09 bits per heavy atom. The molecule has 4 rings (SSSR count). The zero-order valence-corrected chi connectivity index (χ0v) is 18.7. The van der Waals surface area contributed by atoms with E-state index in [0.717, 1.165) is 11.3 Å². The maximum atomic E-state index is 13.1. The molecule has 3 aromatic heterocycles.